The predicted octanol–water partition coefficient (Wildman–Crippen LogP) is 8.36. The molecule has 0 N–H and O–H groups in total. The lowest BCUT2D eigenvalue weighted by Gasteiger charge is -2.14. The Morgan fingerprint density at radius 2 is 1.42 bits per heavy atom. The molecule has 0 amide bonds. The summed E-state index contributed by atoms with van der Waals surface area (Å²) in [5.41, 5.74) is -0.534. The van der Waals surface area contributed by atoms with Crippen molar-refractivity contribution in [2.24, 2.45) is 0 Å². The molecule has 3 aromatic carbocycles. The van der Waals surface area contributed by atoms with Crippen LogP contribution in [0, 0.1) is 23.3 Å². The van der Waals surface area contributed by atoms with Crippen molar-refractivity contribution in [3.8, 4) is 22.4 Å². The minimum absolute atomic E-state index is 0.00831. The van der Waals surface area contributed by atoms with Gasteiger partial charge in [-0.3, -0.25) is 4.57 Å². The van der Waals surface area contributed by atoms with Crippen molar-refractivity contribution in [1.29, 1.82) is 0 Å². The Labute approximate surface area is 205 Å². The summed E-state index contributed by atoms with van der Waals surface area (Å²) in [4.78, 5) is 4.28. The Morgan fingerprint density at radius 1 is 0.833 bits per heavy atom. The van der Waals surface area contributed by atoms with E-state index in [9.17, 15) is 4.57 Å². The average Bonchev–Trinajstić information content (AvgIpc) is 2.88. The van der Waals surface area contributed by atoms with Crippen LogP contribution in [0.1, 0.15) is 19.4 Å². The number of nitrogens with zero attached hydrogens (tertiary/aromatic N) is 1. The Hall–Kier alpha value is -3.32. The fourth-order valence-corrected chi connectivity index (χ4v) is 5.13. The predicted molar refractivity (Wildman–Crippen MR) is 132 cm³/mol. The number of aromatic nitrogens is 1. The van der Waals surface area contributed by atoms with E-state index in [-0.39, 0.29) is 18.9 Å². The molecule has 1 aromatic heterocycles. The van der Waals surface area contributed by atoms with Crippen LogP contribution >= 0.6 is 7.60 Å². The molecule has 0 aliphatic carbocycles. The lowest BCUT2D eigenvalue weighted by Crippen LogP contribution is -2.05. The summed E-state index contributed by atoms with van der Waals surface area (Å²) in [7, 11) is -3.86. The van der Waals surface area contributed by atoms with Crippen LogP contribution in [0.25, 0.3) is 39.4 Å². The third-order valence-electron chi connectivity index (χ3n) is 5.40. The van der Waals surface area contributed by atoms with Crippen LogP contribution in [0.3, 0.4) is 0 Å². The summed E-state index contributed by atoms with van der Waals surface area (Å²) in [6.07, 6.45) is 0.663. The van der Waals surface area contributed by atoms with Crippen molar-refractivity contribution in [3.63, 3.8) is 0 Å². The second-order valence-electron chi connectivity index (χ2n) is 7.67. The monoisotopic (exact) mass is 515 g/mol. The van der Waals surface area contributed by atoms with E-state index in [4.69, 9.17) is 9.05 Å². The second kappa shape index (κ2) is 10.7. The van der Waals surface area contributed by atoms with Gasteiger partial charge in [0.05, 0.1) is 35.6 Å². The highest BCUT2D eigenvalue weighted by molar-refractivity contribution is 7.57. The first-order valence-corrected chi connectivity index (χ1v) is 12.8. The maximum absolute atomic E-state index is 15.3. The first-order chi connectivity index (χ1) is 17.3. The van der Waals surface area contributed by atoms with Gasteiger partial charge in [0.25, 0.3) is 0 Å². The molecule has 0 fully saturated rings. The van der Waals surface area contributed by atoms with E-state index in [0.29, 0.717) is 22.5 Å². The zero-order valence-corrected chi connectivity index (χ0v) is 20.4. The lowest BCUT2D eigenvalue weighted by molar-refractivity contribution is 0.229. The fourth-order valence-electron chi connectivity index (χ4n) is 3.83. The van der Waals surface area contributed by atoms with Crippen molar-refractivity contribution in [3.05, 3.63) is 95.3 Å². The Balaban J connectivity index is 1.90. The smallest absolute Gasteiger partial charge is 0.306 e. The molecule has 4 aromatic rings. The molecular formula is C27H22F4NO3P. The highest BCUT2D eigenvalue weighted by Gasteiger charge is 2.28. The van der Waals surface area contributed by atoms with Gasteiger partial charge in [0.2, 0.25) is 0 Å². The number of halogens is 4. The van der Waals surface area contributed by atoms with Crippen LogP contribution in [-0.2, 0) is 13.6 Å². The van der Waals surface area contributed by atoms with Gasteiger partial charge in [0.15, 0.2) is 23.3 Å². The fraction of sp³-hybridized carbons (Fsp3) is 0.148. The summed E-state index contributed by atoms with van der Waals surface area (Å²) in [6.45, 7) is 3.08. The quantitative estimate of drug-likeness (QED) is 0.134. The molecular weight excluding hydrogens is 493 g/mol. The number of para-hydroxylation sites is 1. The third kappa shape index (κ3) is 4.98. The zero-order valence-electron chi connectivity index (χ0n) is 19.5. The molecule has 0 unspecified atom stereocenters. The van der Waals surface area contributed by atoms with Crippen LogP contribution in [0.15, 0.2) is 66.5 Å². The maximum atomic E-state index is 15.3. The molecule has 4 rings (SSSR count). The molecule has 0 saturated heterocycles. The van der Waals surface area contributed by atoms with Crippen molar-refractivity contribution >= 4 is 24.6 Å². The third-order valence-corrected chi connectivity index (χ3v) is 7.15. The van der Waals surface area contributed by atoms with Crippen LogP contribution in [0.4, 0.5) is 17.6 Å². The first kappa shape index (κ1) is 25.8. The van der Waals surface area contributed by atoms with E-state index in [1.54, 1.807) is 50.2 Å². The van der Waals surface area contributed by atoms with E-state index in [1.807, 2.05) is 18.2 Å². The van der Waals surface area contributed by atoms with E-state index in [2.05, 4.69) is 4.98 Å². The molecule has 0 aliphatic heterocycles. The van der Waals surface area contributed by atoms with Crippen molar-refractivity contribution < 1.29 is 31.2 Å². The minimum atomic E-state index is -3.86. The maximum Gasteiger partial charge on any atom is 0.354 e. The molecule has 1 heterocycles. The topological polar surface area (TPSA) is 48.4 Å². The number of hydrogen-bond donors (Lipinski definition) is 0. The molecule has 0 saturated carbocycles. The molecule has 36 heavy (non-hydrogen) atoms. The molecule has 186 valence electrons. The van der Waals surface area contributed by atoms with E-state index in [1.165, 1.54) is 6.07 Å². The van der Waals surface area contributed by atoms with Crippen LogP contribution in [0.2, 0.25) is 0 Å². The van der Waals surface area contributed by atoms with Crippen LogP contribution in [0.5, 0.6) is 0 Å². The van der Waals surface area contributed by atoms with Crippen molar-refractivity contribution in [1.82, 2.24) is 4.98 Å². The molecule has 0 atom stereocenters. The lowest BCUT2D eigenvalue weighted by atomic mass is 9.97. The van der Waals surface area contributed by atoms with Crippen molar-refractivity contribution in [2.45, 2.75) is 13.8 Å². The van der Waals surface area contributed by atoms with Gasteiger partial charge >= 0.3 is 7.60 Å². The van der Waals surface area contributed by atoms with Gasteiger partial charge in [-0.15, -0.1) is 0 Å². The number of hydrogen-bond acceptors (Lipinski definition) is 4. The molecule has 0 aliphatic rings. The molecule has 0 bridgehead atoms. The summed E-state index contributed by atoms with van der Waals surface area (Å²) in [5.74, 6) is -5.79. The van der Waals surface area contributed by atoms with E-state index in [0.717, 1.165) is 11.4 Å². The summed E-state index contributed by atoms with van der Waals surface area (Å²) in [5, 5.41) is 0.705. The van der Waals surface area contributed by atoms with E-state index < -0.39 is 42.0 Å². The minimum Gasteiger partial charge on any atom is -0.306 e. The van der Waals surface area contributed by atoms with E-state index >= 15 is 17.6 Å². The van der Waals surface area contributed by atoms with Gasteiger partial charge in [-0.25, -0.2) is 22.5 Å². The molecule has 9 heteroatoms. The molecule has 4 nitrogen and oxygen atoms in total. The summed E-state index contributed by atoms with van der Waals surface area (Å²) in [6, 6.07) is 17.4. The number of fused-ring (bicyclic) bond motifs is 1. The highest BCUT2D eigenvalue weighted by Crippen LogP contribution is 2.50. The molecule has 0 radical (unpaired) electrons. The largest absolute Gasteiger partial charge is 0.354 e. The molecule has 0 spiro atoms. The Bertz CT molecular complexity index is 1450. The zero-order chi connectivity index (χ0) is 25.9. The highest BCUT2D eigenvalue weighted by atomic mass is 31.2. The standard InChI is InChI=1S/C27H22F4NO3P/c1-3-34-36(33,35-4-2)15-14-19-24(28)26(30)23(27(31)25(19)29)22-16-20(17-10-6-5-7-11-17)18-12-8-9-13-21(18)32-22/h5-16H,3-4H2,1-2H3/b15-14+. The first-order valence-electron chi connectivity index (χ1n) is 11.2. The average molecular weight is 515 g/mol. The van der Waals surface area contributed by atoms with Gasteiger partial charge in [-0.2, -0.15) is 0 Å². The number of benzene rings is 3. The second-order valence-corrected chi connectivity index (χ2v) is 9.57. The van der Waals surface area contributed by atoms with Crippen LogP contribution in [-0.4, -0.2) is 18.2 Å². The summed E-state index contributed by atoms with van der Waals surface area (Å²) >= 11 is 0. The van der Waals surface area contributed by atoms with Gasteiger partial charge < -0.3 is 9.05 Å². The summed E-state index contributed by atoms with van der Waals surface area (Å²) < 4.78 is 83.2. The van der Waals surface area contributed by atoms with Gasteiger partial charge in [0, 0.05) is 11.2 Å². The Kier molecular flexibility index (Phi) is 7.69. The van der Waals surface area contributed by atoms with Gasteiger partial charge in [-0.1, -0.05) is 48.5 Å². The Morgan fingerprint density at radius 3 is 2.03 bits per heavy atom. The van der Waals surface area contributed by atoms with Gasteiger partial charge in [0.1, 0.15) is 0 Å². The normalized spacial score (nSPS) is 12.1. The number of rotatable bonds is 8. The van der Waals surface area contributed by atoms with Crippen LogP contribution < -0.4 is 0 Å². The van der Waals surface area contributed by atoms with Gasteiger partial charge in [-0.05, 0) is 43.2 Å². The number of pyridine rings is 1. The van der Waals surface area contributed by atoms with Crippen molar-refractivity contribution in [2.75, 3.05) is 13.2 Å². The SMILES string of the molecule is CCOP(=O)(/C=C/c1c(F)c(F)c(-c2cc(-c3ccccc3)c3ccccc3n2)c(F)c1F)OCC.